The van der Waals surface area contributed by atoms with Crippen LogP contribution in [0, 0.1) is 12.7 Å². The molecule has 0 saturated carbocycles. The molecule has 28 heavy (non-hydrogen) atoms. The monoisotopic (exact) mass is 381 g/mol. The molecular formula is C20H20FN5O2. The Kier molecular flexibility index (Phi) is 4.54. The van der Waals surface area contributed by atoms with E-state index < -0.39 is 0 Å². The molecule has 144 valence electrons. The van der Waals surface area contributed by atoms with E-state index in [1.807, 2.05) is 4.90 Å². The Morgan fingerprint density at radius 1 is 1.14 bits per heavy atom. The summed E-state index contributed by atoms with van der Waals surface area (Å²) >= 11 is 0. The van der Waals surface area contributed by atoms with Crippen LogP contribution in [-0.2, 0) is 7.05 Å². The van der Waals surface area contributed by atoms with Crippen molar-refractivity contribution in [2.45, 2.75) is 6.92 Å². The average molecular weight is 381 g/mol. The summed E-state index contributed by atoms with van der Waals surface area (Å²) in [5.41, 5.74) is 2.02. The number of hydrogen-bond acceptors (Lipinski definition) is 5. The van der Waals surface area contributed by atoms with Gasteiger partial charge in [-0.05, 0) is 30.7 Å². The lowest BCUT2D eigenvalue weighted by Gasteiger charge is -2.35. The fourth-order valence-electron chi connectivity index (χ4n) is 3.39. The van der Waals surface area contributed by atoms with Gasteiger partial charge in [-0.2, -0.15) is 0 Å². The number of piperazine rings is 1. The maximum absolute atomic E-state index is 13.8. The largest absolute Gasteiger partial charge is 0.348 e. The molecule has 0 unspecified atom stereocenters. The standard InChI is InChI=1S/C20H20FN5O2/c1-13-3-4-14(11-15(13)21)19(27)26-9-7-25(8-10-26)18-20(28)24(2)17-12-22-6-5-16(17)23-18/h3-6,11-12H,7-10H2,1-2H3. The smallest absolute Gasteiger partial charge is 0.293 e. The second-order valence-corrected chi connectivity index (χ2v) is 6.91. The quantitative estimate of drug-likeness (QED) is 0.676. The van der Waals surface area contributed by atoms with Crippen LogP contribution in [0.15, 0.2) is 41.5 Å². The number of anilines is 1. The number of benzene rings is 1. The molecule has 0 aliphatic carbocycles. The summed E-state index contributed by atoms with van der Waals surface area (Å²) in [7, 11) is 1.70. The van der Waals surface area contributed by atoms with Crippen LogP contribution in [-0.4, -0.2) is 51.5 Å². The van der Waals surface area contributed by atoms with Crippen molar-refractivity contribution in [1.82, 2.24) is 19.4 Å². The molecule has 8 heteroatoms. The summed E-state index contributed by atoms with van der Waals surface area (Å²) in [6.07, 6.45) is 3.26. The molecule has 1 aliphatic rings. The van der Waals surface area contributed by atoms with Gasteiger partial charge in [0, 0.05) is 45.0 Å². The number of hydrogen-bond donors (Lipinski definition) is 0. The molecule has 7 nitrogen and oxygen atoms in total. The number of fused-ring (bicyclic) bond motifs is 1. The molecule has 4 rings (SSSR count). The van der Waals surface area contributed by atoms with Crippen molar-refractivity contribution in [3.8, 4) is 0 Å². The first kappa shape index (κ1) is 18.1. The number of amides is 1. The predicted molar refractivity (Wildman–Crippen MR) is 104 cm³/mol. The summed E-state index contributed by atoms with van der Waals surface area (Å²) in [6.45, 7) is 3.51. The highest BCUT2D eigenvalue weighted by molar-refractivity contribution is 5.94. The predicted octanol–water partition coefficient (Wildman–Crippen LogP) is 1.74. The molecular weight excluding hydrogens is 361 g/mol. The highest BCUT2D eigenvalue weighted by atomic mass is 19.1. The number of carbonyl (C=O) groups excluding carboxylic acids is 1. The lowest BCUT2D eigenvalue weighted by molar-refractivity contribution is 0.0746. The van der Waals surface area contributed by atoms with Crippen LogP contribution in [0.3, 0.4) is 0 Å². The zero-order valence-electron chi connectivity index (χ0n) is 15.7. The number of pyridine rings is 1. The first-order chi connectivity index (χ1) is 13.5. The molecule has 1 amide bonds. The third-order valence-electron chi connectivity index (χ3n) is 5.15. The number of aryl methyl sites for hydroxylation is 2. The second-order valence-electron chi connectivity index (χ2n) is 6.91. The normalized spacial score (nSPS) is 14.5. The van der Waals surface area contributed by atoms with Gasteiger partial charge in [0.25, 0.3) is 11.5 Å². The summed E-state index contributed by atoms with van der Waals surface area (Å²) in [6, 6.07) is 6.29. The summed E-state index contributed by atoms with van der Waals surface area (Å²) in [4.78, 5) is 37.5. The van der Waals surface area contributed by atoms with Gasteiger partial charge in [0.05, 0.1) is 17.2 Å². The molecule has 1 saturated heterocycles. The van der Waals surface area contributed by atoms with E-state index in [4.69, 9.17) is 0 Å². The average Bonchev–Trinajstić information content (AvgIpc) is 2.72. The van der Waals surface area contributed by atoms with Gasteiger partial charge in [0.1, 0.15) is 5.82 Å². The molecule has 3 heterocycles. The first-order valence-electron chi connectivity index (χ1n) is 9.07. The van der Waals surface area contributed by atoms with E-state index in [0.29, 0.717) is 54.2 Å². The third-order valence-corrected chi connectivity index (χ3v) is 5.15. The molecule has 0 bridgehead atoms. The third kappa shape index (κ3) is 3.11. The van der Waals surface area contributed by atoms with E-state index in [0.717, 1.165) is 0 Å². The number of rotatable bonds is 2. The minimum Gasteiger partial charge on any atom is -0.348 e. The zero-order chi connectivity index (χ0) is 19.8. The Bertz CT molecular complexity index is 1120. The lowest BCUT2D eigenvalue weighted by atomic mass is 10.1. The minimum absolute atomic E-state index is 0.194. The Balaban J connectivity index is 1.53. The van der Waals surface area contributed by atoms with Crippen molar-refractivity contribution in [2.75, 3.05) is 31.1 Å². The SMILES string of the molecule is Cc1ccc(C(=O)N2CCN(c3nc4ccncc4n(C)c3=O)CC2)cc1F. The fraction of sp³-hybridized carbons (Fsp3) is 0.300. The van der Waals surface area contributed by atoms with Crippen molar-refractivity contribution < 1.29 is 9.18 Å². The van der Waals surface area contributed by atoms with Gasteiger partial charge in [-0.25, -0.2) is 9.37 Å². The zero-order valence-corrected chi connectivity index (χ0v) is 15.7. The van der Waals surface area contributed by atoms with Crippen molar-refractivity contribution in [1.29, 1.82) is 0 Å². The van der Waals surface area contributed by atoms with E-state index in [2.05, 4.69) is 9.97 Å². The minimum atomic E-state index is -0.386. The van der Waals surface area contributed by atoms with Gasteiger partial charge in [0.2, 0.25) is 0 Å². The van der Waals surface area contributed by atoms with Crippen LogP contribution in [0.1, 0.15) is 15.9 Å². The molecule has 1 aliphatic heterocycles. The van der Waals surface area contributed by atoms with Gasteiger partial charge in [-0.1, -0.05) is 6.07 Å². The van der Waals surface area contributed by atoms with Gasteiger partial charge in [0.15, 0.2) is 5.82 Å². The maximum atomic E-state index is 13.8. The van der Waals surface area contributed by atoms with Gasteiger partial charge >= 0.3 is 0 Å². The first-order valence-corrected chi connectivity index (χ1v) is 9.07. The summed E-state index contributed by atoms with van der Waals surface area (Å²) in [5.74, 6) is -0.221. The van der Waals surface area contributed by atoms with E-state index in [1.54, 1.807) is 49.5 Å². The van der Waals surface area contributed by atoms with Crippen LogP contribution in [0.2, 0.25) is 0 Å². The van der Waals surface area contributed by atoms with E-state index in [1.165, 1.54) is 10.6 Å². The van der Waals surface area contributed by atoms with Crippen LogP contribution in [0.5, 0.6) is 0 Å². The van der Waals surface area contributed by atoms with E-state index in [-0.39, 0.29) is 17.3 Å². The Morgan fingerprint density at radius 2 is 1.89 bits per heavy atom. The molecule has 0 N–H and O–H groups in total. The van der Waals surface area contributed by atoms with Gasteiger partial charge in [-0.15, -0.1) is 0 Å². The summed E-state index contributed by atoms with van der Waals surface area (Å²) in [5, 5.41) is 0. The molecule has 1 aromatic carbocycles. The van der Waals surface area contributed by atoms with Crippen molar-refractivity contribution in [3.05, 3.63) is 64.0 Å². The molecule has 0 atom stereocenters. The molecule has 0 spiro atoms. The van der Waals surface area contributed by atoms with Crippen molar-refractivity contribution in [3.63, 3.8) is 0 Å². The molecule has 2 aromatic heterocycles. The second kappa shape index (κ2) is 7.03. The lowest BCUT2D eigenvalue weighted by Crippen LogP contribution is -2.50. The Morgan fingerprint density at radius 3 is 2.61 bits per heavy atom. The highest BCUT2D eigenvalue weighted by Crippen LogP contribution is 2.17. The van der Waals surface area contributed by atoms with Crippen LogP contribution in [0.4, 0.5) is 10.2 Å². The topological polar surface area (TPSA) is 71.3 Å². The maximum Gasteiger partial charge on any atom is 0.293 e. The number of nitrogens with zero attached hydrogens (tertiary/aromatic N) is 5. The number of aromatic nitrogens is 3. The van der Waals surface area contributed by atoms with Crippen LogP contribution in [0.25, 0.3) is 11.0 Å². The van der Waals surface area contributed by atoms with Crippen molar-refractivity contribution >= 4 is 22.8 Å². The number of carbonyl (C=O) groups is 1. The van der Waals surface area contributed by atoms with Gasteiger partial charge in [-0.3, -0.25) is 14.6 Å². The molecule has 0 radical (unpaired) electrons. The Labute approximate surface area is 161 Å². The van der Waals surface area contributed by atoms with Gasteiger partial charge < -0.3 is 14.4 Å². The highest BCUT2D eigenvalue weighted by Gasteiger charge is 2.25. The van der Waals surface area contributed by atoms with E-state index >= 15 is 0 Å². The number of halogens is 1. The molecule has 3 aromatic rings. The van der Waals surface area contributed by atoms with Crippen molar-refractivity contribution in [2.24, 2.45) is 7.05 Å². The fourth-order valence-corrected chi connectivity index (χ4v) is 3.39. The van der Waals surface area contributed by atoms with Crippen LogP contribution < -0.4 is 10.5 Å². The Hall–Kier alpha value is -3.29. The molecule has 1 fully saturated rings. The summed E-state index contributed by atoms with van der Waals surface area (Å²) < 4.78 is 15.3. The van der Waals surface area contributed by atoms with Crippen LogP contribution >= 0.6 is 0 Å². The van der Waals surface area contributed by atoms with E-state index in [9.17, 15) is 14.0 Å².